The van der Waals surface area contributed by atoms with Crippen LogP contribution in [0.2, 0.25) is 0 Å². The molecule has 2 heterocycles. The third kappa shape index (κ3) is 4.59. The molecular weight excluding hydrogens is 597 g/mol. The summed E-state index contributed by atoms with van der Waals surface area (Å²) in [6.45, 7) is 0. The van der Waals surface area contributed by atoms with Gasteiger partial charge in [0, 0.05) is 49.7 Å². The van der Waals surface area contributed by atoms with Crippen molar-refractivity contribution < 1.29 is 4.42 Å². The molecule has 10 aromatic rings. The Morgan fingerprint density at radius 1 is 0.388 bits per heavy atom. The molecule has 8 aromatic carbocycles. The van der Waals surface area contributed by atoms with Crippen LogP contribution in [0.3, 0.4) is 0 Å². The first-order valence-corrected chi connectivity index (χ1v) is 16.7. The van der Waals surface area contributed by atoms with Crippen LogP contribution in [0.5, 0.6) is 0 Å². The van der Waals surface area contributed by atoms with E-state index in [1.54, 1.807) is 0 Å². The number of aromatic amines is 1. The highest BCUT2D eigenvalue weighted by Gasteiger charge is 2.20. The van der Waals surface area contributed by atoms with E-state index in [4.69, 9.17) is 4.42 Å². The van der Waals surface area contributed by atoms with E-state index in [0.717, 1.165) is 61.2 Å². The molecule has 0 spiro atoms. The molecule has 0 radical (unpaired) electrons. The van der Waals surface area contributed by atoms with Crippen molar-refractivity contribution in [3.05, 3.63) is 176 Å². The summed E-state index contributed by atoms with van der Waals surface area (Å²) in [5.41, 5.74) is 11.9. The number of aromatic nitrogens is 1. The second-order valence-electron chi connectivity index (χ2n) is 12.7. The molecule has 0 bridgehead atoms. The normalized spacial score (nSPS) is 11.7. The number of nitrogens with one attached hydrogen (secondary N) is 1. The van der Waals surface area contributed by atoms with Gasteiger partial charge in [-0.1, -0.05) is 115 Å². The highest BCUT2D eigenvalue weighted by atomic mass is 16.3. The van der Waals surface area contributed by atoms with Crippen LogP contribution in [-0.2, 0) is 0 Å². The molecule has 0 saturated carbocycles. The lowest BCUT2D eigenvalue weighted by Crippen LogP contribution is -2.10. The van der Waals surface area contributed by atoms with Gasteiger partial charge in [-0.2, -0.15) is 0 Å². The Balaban J connectivity index is 1.22. The van der Waals surface area contributed by atoms with Crippen LogP contribution in [0.25, 0.3) is 76.8 Å². The lowest BCUT2D eigenvalue weighted by atomic mass is 9.98. The summed E-state index contributed by atoms with van der Waals surface area (Å²) in [5, 5.41) is 7.06. The van der Waals surface area contributed by atoms with E-state index < -0.39 is 0 Å². The van der Waals surface area contributed by atoms with Crippen LogP contribution in [0.4, 0.5) is 17.1 Å². The van der Waals surface area contributed by atoms with Crippen molar-refractivity contribution in [1.29, 1.82) is 0 Å². The van der Waals surface area contributed by atoms with E-state index in [1.165, 1.54) is 32.7 Å². The topological polar surface area (TPSA) is 32.2 Å². The molecule has 49 heavy (non-hydrogen) atoms. The largest absolute Gasteiger partial charge is 0.456 e. The molecule has 0 unspecified atom stereocenters. The minimum atomic E-state index is 0.885. The zero-order valence-electron chi connectivity index (χ0n) is 26.6. The van der Waals surface area contributed by atoms with E-state index in [9.17, 15) is 0 Å². The minimum absolute atomic E-state index is 0.885. The zero-order valence-corrected chi connectivity index (χ0v) is 26.6. The van der Waals surface area contributed by atoms with Gasteiger partial charge in [-0.25, -0.2) is 0 Å². The predicted octanol–water partition coefficient (Wildman–Crippen LogP) is 13.2. The van der Waals surface area contributed by atoms with Crippen molar-refractivity contribution >= 4 is 71.6 Å². The third-order valence-corrected chi connectivity index (χ3v) is 9.77. The predicted molar refractivity (Wildman–Crippen MR) is 206 cm³/mol. The molecule has 0 fully saturated rings. The van der Waals surface area contributed by atoms with Gasteiger partial charge in [-0.3, -0.25) is 0 Å². The van der Waals surface area contributed by atoms with Gasteiger partial charge in [0.2, 0.25) is 0 Å². The molecule has 0 atom stereocenters. The number of H-pyrrole nitrogens is 1. The molecule has 2 aromatic heterocycles. The average Bonchev–Trinajstić information content (AvgIpc) is 3.73. The van der Waals surface area contributed by atoms with Crippen LogP contribution >= 0.6 is 0 Å². The molecule has 0 aliphatic heterocycles. The lowest BCUT2D eigenvalue weighted by molar-refractivity contribution is 0.669. The molecule has 1 N–H and O–H groups in total. The van der Waals surface area contributed by atoms with Gasteiger partial charge in [0.05, 0.1) is 5.52 Å². The van der Waals surface area contributed by atoms with Crippen LogP contribution in [-0.4, -0.2) is 4.98 Å². The Kier molecular flexibility index (Phi) is 6.18. The van der Waals surface area contributed by atoms with Gasteiger partial charge in [-0.15, -0.1) is 0 Å². The van der Waals surface area contributed by atoms with Crippen LogP contribution < -0.4 is 4.90 Å². The summed E-state index contributed by atoms with van der Waals surface area (Å²) >= 11 is 0. The van der Waals surface area contributed by atoms with Gasteiger partial charge < -0.3 is 14.3 Å². The smallest absolute Gasteiger partial charge is 0.136 e. The van der Waals surface area contributed by atoms with E-state index in [-0.39, 0.29) is 0 Å². The second-order valence-corrected chi connectivity index (χ2v) is 12.7. The monoisotopic (exact) mass is 626 g/mol. The summed E-state index contributed by atoms with van der Waals surface area (Å²) in [6, 6.07) is 62.9. The molecule has 0 aliphatic rings. The second kappa shape index (κ2) is 11.0. The van der Waals surface area contributed by atoms with Crippen molar-refractivity contribution in [3.63, 3.8) is 0 Å². The quantitative estimate of drug-likeness (QED) is 0.206. The number of rotatable bonds is 5. The molecule has 3 nitrogen and oxygen atoms in total. The van der Waals surface area contributed by atoms with Gasteiger partial charge >= 0.3 is 0 Å². The summed E-state index contributed by atoms with van der Waals surface area (Å²) in [4.78, 5) is 6.15. The van der Waals surface area contributed by atoms with E-state index in [1.807, 2.05) is 12.1 Å². The number of hydrogen-bond acceptors (Lipinski definition) is 2. The fraction of sp³-hybridized carbons (Fsp3) is 0. The first kappa shape index (κ1) is 27.5. The number of benzene rings is 8. The first-order valence-electron chi connectivity index (χ1n) is 16.7. The molecule has 0 saturated heterocycles. The maximum atomic E-state index is 6.37. The molecular formula is C46H30N2O. The third-order valence-electron chi connectivity index (χ3n) is 9.77. The molecule has 10 rings (SSSR count). The first-order chi connectivity index (χ1) is 24.3. The Bertz CT molecular complexity index is 2830. The zero-order chi connectivity index (χ0) is 32.3. The highest BCUT2D eigenvalue weighted by Crippen LogP contribution is 2.44. The lowest BCUT2D eigenvalue weighted by Gasteiger charge is -2.27. The van der Waals surface area contributed by atoms with Gasteiger partial charge in [0.15, 0.2) is 0 Å². The Morgan fingerprint density at radius 3 is 1.94 bits per heavy atom. The van der Waals surface area contributed by atoms with Crippen molar-refractivity contribution in [2.75, 3.05) is 4.90 Å². The fourth-order valence-corrected chi connectivity index (χ4v) is 7.38. The number of fused-ring (bicyclic) bond motifs is 7. The Morgan fingerprint density at radius 2 is 1.06 bits per heavy atom. The summed E-state index contributed by atoms with van der Waals surface area (Å²) < 4.78 is 6.37. The highest BCUT2D eigenvalue weighted by molar-refractivity contribution is 6.14. The van der Waals surface area contributed by atoms with Gasteiger partial charge in [0.1, 0.15) is 11.2 Å². The maximum Gasteiger partial charge on any atom is 0.136 e. The van der Waals surface area contributed by atoms with Crippen LogP contribution in [0.1, 0.15) is 0 Å². The Hall–Kier alpha value is -6.58. The molecule has 3 heteroatoms. The van der Waals surface area contributed by atoms with Crippen molar-refractivity contribution in [2.45, 2.75) is 0 Å². The standard InChI is InChI=1S/C46H30N2O/c1-2-10-30(11-3-1)32-18-22-35(23-19-32)48(36-24-20-31-12-4-5-13-33(31)26-36)37-28-41(46-42(29-37)38-14-6-8-16-43(38)47-46)34-21-25-40-39-15-7-9-17-44(39)49-45(40)27-34/h1-29,47H. The van der Waals surface area contributed by atoms with Gasteiger partial charge in [0.25, 0.3) is 0 Å². The molecule has 0 aliphatic carbocycles. The number of hydrogen-bond donors (Lipinski definition) is 1. The van der Waals surface area contributed by atoms with E-state index in [2.05, 4.69) is 174 Å². The average molecular weight is 627 g/mol. The number of para-hydroxylation sites is 2. The SMILES string of the molecule is c1ccc(-c2ccc(N(c3ccc4ccccc4c3)c3cc(-c4ccc5c(c4)oc4ccccc45)c4[nH]c5ccccc5c4c3)cc2)cc1. The minimum Gasteiger partial charge on any atom is -0.456 e. The maximum absolute atomic E-state index is 6.37. The fourth-order valence-electron chi connectivity index (χ4n) is 7.38. The number of furan rings is 1. The summed E-state index contributed by atoms with van der Waals surface area (Å²) in [7, 11) is 0. The van der Waals surface area contributed by atoms with Crippen LogP contribution in [0.15, 0.2) is 180 Å². The molecule has 0 amide bonds. The van der Waals surface area contributed by atoms with E-state index in [0.29, 0.717) is 0 Å². The molecule has 230 valence electrons. The van der Waals surface area contributed by atoms with Crippen molar-refractivity contribution in [2.24, 2.45) is 0 Å². The number of nitrogens with zero attached hydrogens (tertiary/aromatic N) is 1. The van der Waals surface area contributed by atoms with Crippen molar-refractivity contribution in [1.82, 2.24) is 4.98 Å². The summed E-state index contributed by atoms with van der Waals surface area (Å²) in [6.07, 6.45) is 0. The Labute approximate surface area is 283 Å². The van der Waals surface area contributed by atoms with Crippen LogP contribution in [0, 0.1) is 0 Å². The van der Waals surface area contributed by atoms with Crippen molar-refractivity contribution in [3.8, 4) is 22.3 Å². The number of anilines is 3. The van der Waals surface area contributed by atoms with Gasteiger partial charge in [-0.05, 0) is 88.1 Å². The van der Waals surface area contributed by atoms with E-state index >= 15 is 0 Å². The summed E-state index contributed by atoms with van der Waals surface area (Å²) in [5.74, 6) is 0.